The van der Waals surface area contributed by atoms with E-state index in [4.69, 9.17) is 11.6 Å². The number of halogens is 1. The van der Waals surface area contributed by atoms with Crippen LogP contribution in [0.1, 0.15) is 32.3 Å². The largest absolute Gasteiger partial charge is 0.325 e. The van der Waals surface area contributed by atoms with Gasteiger partial charge < -0.3 is 16.0 Å². The van der Waals surface area contributed by atoms with Gasteiger partial charge in [-0.2, -0.15) is 0 Å². The van der Waals surface area contributed by atoms with Crippen molar-refractivity contribution >= 4 is 58.5 Å². The van der Waals surface area contributed by atoms with Gasteiger partial charge in [0.15, 0.2) is 0 Å². The van der Waals surface area contributed by atoms with E-state index in [-0.39, 0.29) is 11.6 Å². The van der Waals surface area contributed by atoms with Crippen LogP contribution >= 0.6 is 23.4 Å². The van der Waals surface area contributed by atoms with Gasteiger partial charge in [0, 0.05) is 26.9 Å². The Morgan fingerprint density at radius 1 is 0.733 bits per heavy atom. The van der Waals surface area contributed by atoms with Gasteiger partial charge in [0.05, 0.1) is 0 Å². The Hall–Kier alpha value is -5.11. The summed E-state index contributed by atoms with van der Waals surface area (Å²) in [7, 11) is 0. The summed E-state index contributed by atoms with van der Waals surface area (Å²) in [5.41, 5.74) is 4.27. The van der Waals surface area contributed by atoms with E-state index in [0.717, 1.165) is 21.7 Å². The molecule has 5 aromatic carbocycles. The number of nitrogens with one attached hydrogen (secondary N) is 3. The van der Waals surface area contributed by atoms with E-state index in [2.05, 4.69) is 16.0 Å². The predicted molar refractivity (Wildman–Crippen MR) is 183 cm³/mol. The summed E-state index contributed by atoms with van der Waals surface area (Å²) in [4.78, 5) is 40.7. The van der Waals surface area contributed by atoms with Crippen LogP contribution in [-0.2, 0) is 9.59 Å². The average Bonchev–Trinajstić information content (AvgIpc) is 3.06. The van der Waals surface area contributed by atoms with Crippen LogP contribution in [0.25, 0.3) is 6.08 Å². The molecule has 5 aromatic rings. The van der Waals surface area contributed by atoms with E-state index in [1.165, 1.54) is 11.8 Å². The van der Waals surface area contributed by atoms with Crippen LogP contribution in [-0.4, -0.2) is 17.7 Å². The molecule has 0 aliphatic carbocycles. The number of aryl methyl sites for hydroxylation is 1. The number of para-hydroxylation sites is 1. The molecule has 5 rings (SSSR count). The second kappa shape index (κ2) is 15.1. The maximum Gasteiger partial charge on any atom is 0.272 e. The molecule has 0 aliphatic heterocycles. The van der Waals surface area contributed by atoms with Gasteiger partial charge in [0.25, 0.3) is 11.8 Å². The first-order valence-corrected chi connectivity index (χ1v) is 15.4. The average molecular weight is 632 g/mol. The quantitative estimate of drug-likeness (QED) is 0.106. The zero-order valence-electron chi connectivity index (χ0n) is 24.4. The van der Waals surface area contributed by atoms with Crippen molar-refractivity contribution in [1.82, 2.24) is 5.32 Å². The Bertz CT molecular complexity index is 1830. The van der Waals surface area contributed by atoms with Gasteiger partial charge in [-0.1, -0.05) is 90.5 Å². The highest BCUT2D eigenvalue weighted by Gasteiger charge is 2.23. The molecule has 0 fully saturated rings. The fraction of sp³-hybridized carbons (Fsp3) is 0.0541. The van der Waals surface area contributed by atoms with Gasteiger partial charge in [-0.3, -0.25) is 14.4 Å². The smallest absolute Gasteiger partial charge is 0.272 e. The van der Waals surface area contributed by atoms with Crippen LogP contribution in [0.4, 0.5) is 11.4 Å². The lowest BCUT2D eigenvalue weighted by Crippen LogP contribution is -2.30. The first-order chi connectivity index (χ1) is 21.9. The molecule has 0 saturated heterocycles. The van der Waals surface area contributed by atoms with Crippen molar-refractivity contribution < 1.29 is 14.4 Å². The topological polar surface area (TPSA) is 87.3 Å². The summed E-state index contributed by atoms with van der Waals surface area (Å²) in [6, 6.07) is 40.1. The summed E-state index contributed by atoms with van der Waals surface area (Å²) < 4.78 is 0. The number of rotatable bonds is 10. The predicted octanol–water partition coefficient (Wildman–Crippen LogP) is 8.53. The van der Waals surface area contributed by atoms with E-state index in [9.17, 15) is 14.4 Å². The summed E-state index contributed by atoms with van der Waals surface area (Å²) in [5, 5.41) is 8.66. The third kappa shape index (κ3) is 8.72. The second-order valence-corrected chi connectivity index (χ2v) is 11.7. The third-order valence-corrected chi connectivity index (χ3v) is 8.30. The molecule has 8 heteroatoms. The summed E-state index contributed by atoms with van der Waals surface area (Å²) >= 11 is 7.56. The van der Waals surface area contributed by atoms with Crippen LogP contribution in [0, 0.1) is 6.92 Å². The number of benzene rings is 5. The van der Waals surface area contributed by atoms with Crippen LogP contribution in [0.15, 0.2) is 144 Å². The summed E-state index contributed by atoms with van der Waals surface area (Å²) in [6.45, 7) is 1.95. The first-order valence-electron chi connectivity index (χ1n) is 14.2. The normalized spacial score (nSPS) is 11.7. The third-order valence-electron chi connectivity index (χ3n) is 6.80. The fourth-order valence-corrected chi connectivity index (χ4v) is 5.69. The number of anilines is 2. The van der Waals surface area contributed by atoms with Crippen molar-refractivity contribution in [1.29, 1.82) is 0 Å². The standard InChI is InChI=1S/C37H30ClN3O3S/c1-25-11-8-9-18-32(25)40-37(44)34(27-13-4-2-5-14-27)45-31-21-19-30(20-22-31)39-36(43)33(24-26-12-10-17-29(38)23-26)41-35(42)28-15-6-3-7-16-28/h2-24,34H,1H3,(H,39,43)(H,40,44)(H,41,42)/b33-24-. The lowest BCUT2D eigenvalue weighted by Gasteiger charge is -2.18. The molecule has 0 aliphatic rings. The molecule has 224 valence electrons. The Labute approximate surface area is 271 Å². The number of hydrogen-bond acceptors (Lipinski definition) is 4. The molecule has 1 atom stereocenters. The molecule has 0 bridgehead atoms. The van der Waals surface area contributed by atoms with Crippen molar-refractivity contribution in [3.05, 3.63) is 166 Å². The maximum absolute atomic E-state index is 13.5. The lowest BCUT2D eigenvalue weighted by atomic mass is 10.1. The van der Waals surface area contributed by atoms with Gasteiger partial charge >= 0.3 is 0 Å². The minimum atomic E-state index is -0.508. The Kier molecular flexibility index (Phi) is 10.5. The van der Waals surface area contributed by atoms with E-state index >= 15 is 0 Å². The highest BCUT2D eigenvalue weighted by atomic mass is 35.5. The molecule has 3 N–H and O–H groups in total. The van der Waals surface area contributed by atoms with Crippen molar-refractivity contribution in [2.75, 3.05) is 10.6 Å². The molecule has 0 spiro atoms. The molecule has 0 aromatic heterocycles. The van der Waals surface area contributed by atoms with E-state index in [1.54, 1.807) is 66.7 Å². The van der Waals surface area contributed by atoms with Gasteiger partial charge in [-0.05, 0) is 84.3 Å². The minimum Gasteiger partial charge on any atom is -0.325 e. The number of carbonyl (C=O) groups excluding carboxylic acids is 3. The zero-order valence-corrected chi connectivity index (χ0v) is 25.9. The van der Waals surface area contributed by atoms with Crippen LogP contribution in [0.2, 0.25) is 5.02 Å². The number of hydrogen-bond donors (Lipinski definition) is 3. The van der Waals surface area contributed by atoms with Gasteiger partial charge in [0.1, 0.15) is 10.9 Å². The SMILES string of the molecule is Cc1ccccc1NC(=O)C(Sc1ccc(NC(=O)/C(=C/c2cccc(Cl)c2)NC(=O)c2ccccc2)cc1)c1ccccc1. The van der Waals surface area contributed by atoms with Crippen LogP contribution in [0.5, 0.6) is 0 Å². The maximum atomic E-state index is 13.5. The molecule has 0 saturated carbocycles. The molecular weight excluding hydrogens is 602 g/mol. The minimum absolute atomic E-state index is 0.0570. The highest BCUT2D eigenvalue weighted by Crippen LogP contribution is 2.37. The first kappa shape index (κ1) is 31.3. The second-order valence-electron chi connectivity index (χ2n) is 10.1. The van der Waals surface area contributed by atoms with Gasteiger partial charge in [-0.25, -0.2) is 0 Å². The van der Waals surface area contributed by atoms with E-state index in [0.29, 0.717) is 21.8 Å². The lowest BCUT2D eigenvalue weighted by molar-refractivity contribution is -0.116. The summed E-state index contributed by atoms with van der Waals surface area (Å²) in [5.74, 6) is -1.05. The van der Waals surface area contributed by atoms with E-state index in [1.807, 2.05) is 79.7 Å². The molecule has 6 nitrogen and oxygen atoms in total. The Morgan fingerprint density at radius 2 is 1.40 bits per heavy atom. The van der Waals surface area contributed by atoms with E-state index < -0.39 is 17.1 Å². The van der Waals surface area contributed by atoms with Crippen LogP contribution in [0.3, 0.4) is 0 Å². The highest BCUT2D eigenvalue weighted by molar-refractivity contribution is 8.00. The number of amides is 3. The summed E-state index contributed by atoms with van der Waals surface area (Å²) in [6.07, 6.45) is 1.57. The molecule has 0 heterocycles. The Balaban J connectivity index is 1.33. The molecule has 1 unspecified atom stereocenters. The Morgan fingerprint density at radius 3 is 2.09 bits per heavy atom. The van der Waals surface area contributed by atoms with Crippen molar-refractivity contribution in [2.45, 2.75) is 17.1 Å². The van der Waals surface area contributed by atoms with Crippen molar-refractivity contribution in [3.8, 4) is 0 Å². The molecule has 45 heavy (non-hydrogen) atoms. The van der Waals surface area contributed by atoms with Crippen LogP contribution < -0.4 is 16.0 Å². The van der Waals surface area contributed by atoms with Gasteiger partial charge in [0.2, 0.25) is 5.91 Å². The van der Waals surface area contributed by atoms with Crippen molar-refractivity contribution in [3.63, 3.8) is 0 Å². The van der Waals surface area contributed by atoms with Crippen molar-refractivity contribution in [2.24, 2.45) is 0 Å². The zero-order chi connectivity index (χ0) is 31.6. The monoisotopic (exact) mass is 631 g/mol. The molecular formula is C37H30ClN3O3S. The molecule has 3 amide bonds. The van der Waals surface area contributed by atoms with Gasteiger partial charge in [-0.15, -0.1) is 11.8 Å². The number of thioether (sulfide) groups is 1. The molecule has 0 radical (unpaired) electrons. The number of carbonyl (C=O) groups is 3. The fourth-order valence-electron chi connectivity index (χ4n) is 4.47.